The standard InChI is InChI=1S/C20H23N5O2S/c1-14-6-5-7-16-18(14)21-13-25(19(16)27)11-17(26)23-20-22-15(12-28-20)10-24-8-3-2-4-9-24/h5-7,12-13H,2-4,8-11H2,1H3,(H,22,23,26). The summed E-state index contributed by atoms with van der Waals surface area (Å²) in [5, 5.41) is 5.87. The van der Waals surface area contributed by atoms with E-state index in [0.717, 1.165) is 30.9 Å². The Morgan fingerprint density at radius 2 is 2.07 bits per heavy atom. The van der Waals surface area contributed by atoms with E-state index in [2.05, 4.69) is 20.2 Å². The van der Waals surface area contributed by atoms with Crippen LogP contribution in [0.3, 0.4) is 0 Å². The summed E-state index contributed by atoms with van der Waals surface area (Å²) in [6.45, 7) is 4.86. The van der Waals surface area contributed by atoms with E-state index >= 15 is 0 Å². The van der Waals surface area contributed by atoms with Gasteiger partial charge in [0.15, 0.2) is 5.13 Å². The Morgan fingerprint density at radius 1 is 1.25 bits per heavy atom. The van der Waals surface area contributed by atoms with Crippen LogP contribution in [0.15, 0.2) is 34.7 Å². The summed E-state index contributed by atoms with van der Waals surface area (Å²) in [4.78, 5) is 36.3. The molecule has 0 aliphatic carbocycles. The van der Waals surface area contributed by atoms with Crippen LogP contribution in [0.2, 0.25) is 0 Å². The van der Waals surface area contributed by atoms with Crippen molar-refractivity contribution in [3.63, 3.8) is 0 Å². The van der Waals surface area contributed by atoms with Crippen LogP contribution in [0, 0.1) is 6.92 Å². The maximum absolute atomic E-state index is 12.6. The highest BCUT2D eigenvalue weighted by Crippen LogP contribution is 2.19. The SMILES string of the molecule is Cc1cccc2c(=O)n(CC(=O)Nc3nc(CN4CCCCC4)cs3)cnc12. The van der Waals surface area contributed by atoms with Gasteiger partial charge >= 0.3 is 0 Å². The second-order valence-electron chi connectivity index (χ2n) is 7.18. The van der Waals surface area contributed by atoms with Crippen molar-refractivity contribution in [1.29, 1.82) is 0 Å². The fourth-order valence-corrected chi connectivity index (χ4v) is 4.26. The molecule has 1 amide bonds. The summed E-state index contributed by atoms with van der Waals surface area (Å²) >= 11 is 1.41. The van der Waals surface area contributed by atoms with Crippen LogP contribution >= 0.6 is 11.3 Å². The molecule has 3 aromatic rings. The smallest absolute Gasteiger partial charge is 0.261 e. The summed E-state index contributed by atoms with van der Waals surface area (Å²) in [6, 6.07) is 5.47. The van der Waals surface area contributed by atoms with Gasteiger partial charge in [0.25, 0.3) is 5.56 Å². The molecule has 0 bridgehead atoms. The Balaban J connectivity index is 1.41. The summed E-state index contributed by atoms with van der Waals surface area (Å²) in [5.74, 6) is -0.283. The number of piperidine rings is 1. The molecule has 1 aliphatic heterocycles. The van der Waals surface area contributed by atoms with Crippen LogP contribution in [-0.2, 0) is 17.9 Å². The number of fused-ring (bicyclic) bond motifs is 1. The molecule has 0 saturated carbocycles. The topological polar surface area (TPSA) is 80.1 Å². The molecule has 7 nitrogen and oxygen atoms in total. The number of nitrogens with zero attached hydrogens (tertiary/aromatic N) is 4. The minimum atomic E-state index is -0.283. The van der Waals surface area contributed by atoms with E-state index in [0.29, 0.717) is 16.0 Å². The van der Waals surface area contributed by atoms with Gasteiger partial charge < -0.3 is 5.32 Å². The average molecular weight is 398 g/mol. The third kappa shape index (κ3) is 4.13. The Labute approximate surface area is 167 Å². The second-order valence-corrected chi connectivity index (χ2v) is 8.04. The number of aromatic nitrogens is 3. The van der Waals surface area contributed by atoms with Crippen molar-refractivity contribution >= 4 is 33.3 Å². The van der Waals surface area contributed by atoms with E-state index in [1.54, 1.807) is 6.07 Å². The number of amides is 1. The molecule has 2 aromatic heterocycles. The minimum absolute atomic E-state index is 0.0866. The van der Waals surface area contributed by atoms with Gasteiger partial charge in [0.05, 0.1) is 22.9 Å². The van der Waals surface area contributed by atoms with E-state index < -0.39 is 0 Å². The highest BCUT2D eigenvalue weighted by atomic mass is 32.1. The summed E-state index contributed by atoms with van der Waals surface area (Å²) in [7, 11) is 0. The second kappa shape index (κ2) is 8.20. The van der Waals surface area contributed by atoms with Gasteiger partial charge in [-0.05, 0) is 44.5 Å². The number of hydrogen-bond donors (Lipinski definition) is 1. The zero-order chi connectivity index (χ0) is 19.5. The van der Waals surface area contributed by atoms with E-state index in [4.69, 9.17) is 0 Å². The highest BCUT2D eigenvalue weighted by Gasteiger charge is 2.14. The Hall–Kier alpha value is -2.58. The fraction of sp³-hybridized carbons (Fsp3) is 0.400. The maximum atomic E-state index is 12.6. The van der Waals surface area contributed by atoms with Crippen molar-refractivity contribution in [1.82, 2.24) is 19.4 Å². The van der Waals surface area contributed by atoms with E-state index in [1.807, 2.05) is 24.4 Å². The molecular formula is C20H23N5O2S. The Morgan fingerprint density at radius 3 is 2.89 bits per heavy atom. The quantitative estimate of drug-likeness (QED) is 0.716. The first-order valence-corrected chi connectivity index (χ1v) is 10.4. The van der Waals surface area contributed by atoms with Crippen molar-refractivity contribution < 1.29 is 4.79 Å². The molecule has 1 aromatic carbocycles. The van der Waals surface area contributed by atoms with Gasteiger partial charge in [0.2, 0.25) is 5.91 Å². The number of anilines is 1. The number of likely N-dealkylation sites (tertiary alicyclic amines) is 1. The minimum Gasteiger partial charge on any atom is -0.300 e. The molecule has 146 valence electrons. The average Bonchev–Trinajstić information content (AvgIpc) is 3.12. The number of aryl methyl sites for hydroxylation is 1. The van der Waals surface area contributed by atoms with Gasteiger partial charge in [-0.15, -0.1) is 11.3 Å². The molecule has 0 atom stereocenters. The number of carbonyl (C=O) groups excluding carboxylic acids is 1. The summed E-state index contributed by atoms with van der Waals surface area (Å²) in [6.07, 6.45) is 5.21. The molecule has 28 heavy (non-hydrogen) atoms. The highest BCUT2D eigenvalue weighted by molar-refractivity contribution is 7.13. The molecule has 0 unspecified atom stereocenters. The molecule has 0 spiro atoms. The number of hydrogen-bond acceptors (Lipinski definition) is 6. The van der Waals surface area contributed by atoms with Crippen molar-refractivity contribution in [2.24, 2.45) is 0 Å². The third-order valence-electron chi connectivity index (χ3n) is 5.00. The number of para-hydroxylation sites is 1. The first kappa shape index (κ1) is 18.8. The fourth-order valence-electron chi connectivity index (χ4n) is 3.55. The molecule has 0 radical (unpaired) electrons. The molecule has 8 heteroatoms. The van der Waals surface area contributed by atoms with Gasteiger partial charge in [-0.1, -0.05) is 18.6 Å². The lowest BCUT2D eigenvalue weighted by molar-refractivity contribution is -0.116. The molecule has 1 saturated heterocycles. The molecule has 1 N–H and O–H groups in total. The van der Waals surface area contributed by atoms with Gasteiger partial charge in [0, 0.05) is 11.9 Å². The van der Waals surface area contributed by atoms with E-state index in [9.17, 15) is 9.59 Å². The van der Waals surface area contributed by atoms with Crippen LogP contribution in [0.25, 0.3) is 10.9 Å². The maximum Gasteiger partial charge on any atom is 0.261 e. The predicted octanol–water partition coefficient (Wildman–Crippen LogP) is 2.79. The number of rotatable bonds is 5. The monoisotopic (exact) mass is 397 g/mol. The lowest BCUT2D eigenvalue weighted by Crippen LogP contribution is -2.29. The number of thiazole rings is 1. The van der Waals surface area contributed by atoms with Gasteiger partial charge in [-0.2, -0.15) is 0 Å². The summed E-state index contributed by atoms with van der Waals surface area (Å²) < 4.78 is 1.33. The largest absolute Gasteiger partial charge is 0.300 e. The lowest BCUT2D eigenvalue weighted by Gasteiger charge is -2.25. The Bertz CT molecular complexity index is 1050. The van der Waals surface area contributed by atoms with Crippen LogP contribution in [0.4, 0.5) is 5.13 Å². The van der Waals surface area contributed by atoms with Crippen LogP contribution in [0.1, 0.15) is 30.5 Å². The third-order valence-corrected chi connectivity index (χ3v) is 5.81. The van der Waals surface area contributed by atoms with Gasteiger partial charge in [0.1, 0.15) is 6.54 Å². The zero-order valence-electron chi connectivity index (χ0n) is 15.9. The van der Waals surface area contributed by atoms with Crippen LogP contribution in [0.5, 0.6) is 0 Å². The molecular weight excluding hydrogens is 374 g/mol. The molecule has 3 heterocycles. The van der Waals surface area contributed by atoms with E-state index in [1.165, 1.54) is 41.5 Å². The molecule has 1 fully saturated rings. The van der Waals surface area contributed by atoms with Crippen LogP contribution < -0.4 is 10.9 Å². The van der Waals surface area contributed by atoms with Gasteiger partial charge in [-0.3, -0.25) is 19.1 Å². The van der Waals surface area contributed by atoms with Crippen LogP contribution in [-0.4, -0.2) is 38.4 Å². The number of carbonyl (C=O) groups is 1. The lowest BCUT2D eigenvalue weighted by atomic mass is 10.1. The Kier molecular flexibility index (Phi) is 5.50. The van der Waals surface area contributed by atoms with Crippen molar-refractivity contribution in [2.75, 3.05) is 18.4 Å². The zero-order valence-corrected chi connectivity index (χ0v) is 16.7. The first-order chi connectivity index (χ1) is 13.6. The van der Waals surface area contributed by atoms with Gasteiger partial charge in [-0.25, -0.2) is 9.97 Å². The van der Waals surface area contributed by atoms with Crippen molar-refractivity contribution in [3.8, 4) is 0 Å². The molecule has 1 aliphatic rings. The number of nitrogens with one attached hydrogen (secondary N) is 1. The molecule has 4 rings (SSSR count). The number of benzene rings is 1. The first-order valence-electron chi connectivity index (χ1n) is 9.51. The van der Waals surface area contributed by atoms with Crippen molar-refractivity contribution in [3.05, 3.63) is 51.5 Å². The van der Waals surface area contributed by atoms with E-state index in [-0.39, 0.29) is 18.0 Å². The summed E-state index contributed by atoms with van der Waals surface area (Å²) in [5.41, 5.74) is 2.37. The normalized spacial score (nSPS) is 15.0. The van der Waals surface area contributed by atoms with Crippen molar-refractivity contribution in [2.45, 2.75) is 39.3 Å². The predicted molar refractivity (Wildman–Crippen MR) is 111 cm³/mol.